The molecule has 0 saturated heterocycles. The molecule has 0 bridgehead atoms. The van der Waals surface area contributed by atoms with Crippen LogP contribution in [0.15, 0.2) is 83.8 Å². The van der Waals surface area contributed by atoms with Crippen LogP contribution in [0, 0.1) is 0 Å². The number of rotatable bonds is 7. The van der Waals surface area contributed by atoms with Gasteiger partial charge >= 0.3 is 0 Å². The van der Waals surface area contributed by atoms with Gasteiger partial charge in [0.15, 0.2) is 0 Å². The van der Waals surface area contributed by atoms with Crippen molar-refractivity contribution < 1.29 is 13.2 Å². The topological polar surface area (TPSA) is 66.5 Å². The lowest BCUT2D eigenvalue weighted by Crippen LogP contribution is -2.38. The molecule has 0 aromatic heterocycles. The molecular weight excluding hydrogens is 420 g/mol. The fourth-order valence-electron chi connectivity index (χ4n) is 2.94. The average molecular weight is 443 g/mol. The summed E-state index contributed by atoms with van der Waals surface area (Å²) in [7, 11) is -3.95. The van der Waals surface area contributed by atoms with Crippen LogP contribution in [0.2, 0.25) is 5.02 Å². The zero-order chi connectivity index (χ0) is 21.7. The molecule has 0 aliphatic heterocycles. The molecule has 5 nitrogen and oxygen atoms in total. The molecular formula is C23H23ClN2O3S. The van der Waals surface area contributed by atoms with E-state index in [9.17, 15) is 13.2 Å². The maximum atomic E-state index is 13.3. The van der Waals surface area contributed by atoms with Crippen LogP contribution in [0.3, 0.4) is 0 Å². The van der Waals surface area contributed by atoms with E-state index in [-0.39, 0.29) is 11.4 Å². The Kier molecular flexibility index (Phi) is 6.80. The van der Waals surface area contributed by atoms with Crippen LogP contribution in [0.4, 0.5) is 11.4 Å². The first-order valence-electron chi connectivity index (χ1n) is 9.51. The lowest BCUT2D eigenvalue weighted by atomic mass is 10.0. The standard InChI is InChI=1S/C23H23ClN2O3S/c1-17(2)18-12-14-19(15-13-18)26(30(28,29)20-8-4-3-5-9-20)16-23(27)25-22-11-7-6-10-21(22)24/h3-15,17H,16H2,1-2H3,(H,25,27). The van der Waals surface area contributed by atoms with Crippen molar-refractivity contribution in [3.8, 4) is 0 Å². The molecule has 0 fully saturated rings. The SMILES string of the molecule is CC(C)c1ccc(N(CC(=O)Nc2ccccc2Cl)S(=O)(=O)c2ccccc2)cc1. The number of anilines is 2. The van der Waals surface area contributed by atoms with Gasteiger partial charge in [-0.3, -0.25) is 9.10 Å². The number of carbonyl (C=O) groups is 1. The van der Waals surface area contributed by atoms with Gasteiger partial charge in [0.25, 0.3) is 10.0 Å². The first kappa shape index (κ1) is 21.9. The van der Waals surface area contributed by atoms with Crippen molar-refractivity contribution >= 4 is 38.9 Å². The zero-order valence-corrected chi connectivity index (χ0v) is 18.3. The number of nitrogens with zero attached hydrogens (tertiary/aromatic N) is 1. The van der Waals surface area contributed by atoms with E-state index in [1.165, 1.54) is 12.1 Å². The number of benzene rings is 3. The van der Waals surface area contributed by atoms with Gasteiger partial charge in [-0.1, -0.05) is 67.9 Å². The molecule has 0 aliphatic carbocycles. The fraction of sp³-hybridized carbons (Fsp3) is 0.174. The van der Waals surface area contributed by atoms with E-state index in [0.717, 1.165) is 9.87 Å². The van der Waals surface area contributed by atoms with Gasteiger partial charge < -0.3 is 5.32 Å². The highest BCUT2D eigenvalue weighted by atomic mass is 35.5. The summed E-state index contributed by atoms with van der Waals surface area (Å²) < 4.78 is 27.8. The molecule has 0 atom stereocenters. The second-order valence-corrected chi connectivity index (χ2v) is 9.37. The summed E-state index contributed by atoms with van der Waals surface area (Å²) in [6.07, 6.45) is 0. The van der Waals surface area contributed by atoms with Gasteiger partial charge in [-0.05, 0) is 47.9 Å². The number of nitrogens with one attached hydrogen (secondary N) is 1. The van der Waals surface area contributed by atoms with Crippen molar-refractivity contribution in [2.45, 2.75) is 24.7 Å². The molecule has 0 unspecified atom stereocenters. The maximum Gasteiger partial charge on any atom is 0.264 e. The van der Waals surface area contributed by atoms with Crippen LogP contribution in [0.25, 0.3) is 0 Å². The Morgan fingerprint density at radius 3 is 2.13 bits per heavy atom. The molecule has 0 saturated carbocycles. The Morgan fingerprint density at radius 2 is 1.53 bits per heavy atom. The number of amides is 1. The molecule has 3 rings (SSSR count). The van der Waals surface area contributed by atoms with Crippen molar-refractivity contribution in [2.24, 2.45) is 0 Å². The minimum Gasteiger partial charge on any atom is -0.323 e. The van der Waals surface area contributed by atoms with E-state index in [2.05, 4.69) is 19.2 Å². The molecule has 0 radical (unpaired) electrons. The lowest BCUT2D eigenvalue weighted by Gasteiger charge is -2.24. The average Bonchev–Trinajstić information content (AvgIpc) is 2.74. The second-order valence-electron chi connectivity index (χ2n) is 7.10. The molecule has 30 heavy (non-hydrogen) atoms. The van der Waals surface area contributed by atoms with E-state index in [4.69, 9.17) is 11.6 Å². The normalized spacial score (nSPS) is 11.3. The van der Waals surface area contributed by atoms with Crippen LogP contribution in [-0.2, 0) is 14.8 Å². The van der Waals surface area contributed by atoms with Gasteiger partial charge in [-0.2, -0.15) is 0 Å². The summed E-state index contributed by atoms with van der Waals surface area (Å²) in [5.74, 6) is -0.183. The van der Waals surface area contributed by atoms with Gasteiger partial charge in [0, 0.05) is 0 Å². The van der Waals surface area contributed by atoms with Crippen LogP contribution >= 0.6 is 11.6 Å². The molecule has 3 aromatic rings. The van der Waals surface area contributed by atoms with Crippen molar-refractivity contribution in [2.75, 3.05) is 16.2 Å². The van der Waals surface area contributed by atoms with Crippen molar-refractivity contribution in [1.82, 2.24) is 0 Å². The first-order chi connectivity index (χ1) is 14.3. The number of sulfonamides is 1. The number of hydrogen-bond acceptors (Lipinski definition) is 3. The Hall–Kier alpha value is -2.83. The van der Waals surface area contributed by atoms with Crippen LogP contribution in [-0.4, -0.2) is 20.9 Å². The Morgan fingerprint density at radius 1 is 0.933 bits per heavy atom. The summed E-state index contributed by atoms with van der Waals surface area (Å²) in [6, 6.07) is 22.1. The lowest BCUT2D eigenvalue weighted by molar-refractivity contribution is -0.114. The van der Waals surface area contributed by atoms with E-state index < -0.39 is 15.9 Å². The maximum absolute atomic E-state index is 13.3. The van der Waals surface area contributed by atoms with Gasteiger partial charge in [0.05, 0.1) is 21.3 Å². The molecule has 1 N–H and O–H groups in total. The number of halogens is 1. The number of carbonyl (C=O) groups excluding carboxylic acids is 1. The van der Waals surface area contributed by atoms with Crippen LogP contribution in [0.5, 0.6) is 0 Å². The molecule has 156 valence electrons. The summed E-state index contributed by atoms with van der Waals surface area (Å²) in [5.41, 5.74) is 1.92. The fourth-order valence-corrected chi connectivity index (χ4v) is 4.57. The summed E-state index contributed by atoms with van der Waals surface area (Å²) in [6.45, 7) is 3.73. The van der Waals surface area contributed by atoms with Crippen molar-refractivity contribution in [1.29, 1.82) is 0 Å². The number of para-hydroxylation sites is 1. The third-order valence-electron chi connectivity index (χ3n) is 4.61. The summed E-state index contributed by atoms with van der Waals surface area (Å²) in [5, 5.41) is 3.07. The smallest absolute Gasteiger partial charge is 0.264 e. The predicted octanol–water partition coefficient (Wildman–Crippen LogP) is 5.30. The highest BCUT2D eigenvalue weighted by Gasteiger charge is 2.27. The molecule has 7 heteroatoms. The summed E-state index contributed by atoms with van der Waals surface area (Å²) in [4.78, 5) is 12.8. The van der Waals surface area contributed by atoms with E-state index in [1.54, 1.807) is 54.6 Å². The van der Waals surface area contributed by atoms with E-state index in [0.29, 0.717) is 22.3 Å². The first-order valence-corrected chi connectivity index (χ1v) is 11.3. The highest BCUT2D eigenvalue weighted by molar-refractivity contribution is 7.92. The minimum absolute atomic E-state index is 0.114. The van der Waals surface area contributed by atoms with Crippen molar-refractivity contribution in [3.63, 3.8) is 0 Å². The Bertz CT molecular complexity index is 1110. The van der Waals surface area contributed by atoms with E-state index in [1.807, 2.05) is 12.1 Å². The molecule has 1 amide bonds. The second kappa shape index (κ2) is 9.32. The third kappa shape index (κ3) is 5.01. The van der Waals surface area contributed by atoms with Gasteiger partial charge in [0.2, 0.25) is 5.91 Å². The zero-order valence-electron chi connectivity index (χ0n) is 16.7. The molecule has 0 spiro atoms. The van der Waals surface area contributed by atoms with Crippen LogP contribution < -0.4 is 9.62 Å². The highest BCUT2D eigenvalue weighted by Crippen LogP contribution is 2.26. The number of hydrogen-bond donors (Lipinski definition) is 1. The molecule has 0 aliphatic rings. The Balaban J connectivity index is 1.95. The van der Waals surface area contributed by atoms with Crippen molar-refractivity contribution in [3.05, 3.63) is 89.4 Å². The summed E-state index contributed by atoms with van der Waals surface area (Å²) >= 11 is 6.11. The minimum atomic E-state index is -3.95. The molecule has 3 aromatic carbocycles. The third-order valence-corrected chi connectivity index (χ3v) is 6.73. The Labute approximate surface area is 182 Å². The monoisotopic (exact) mass is 442 g/mol. The quantitative estimate of drug-likeness (QED) is 0.540. The van der Waals surface area contributed by atoms with Crippen LogP contribution in [0.1, 0.15) is 25.3 Å². The van der Waals surface area contributed by atoms with Gasteiger partial charge in [0.1, 0.15) is 6.54 Å². The molecule has 0 heterocycles. The van der Waals surface area contributed by atoms with E-state index >= 15 is 0 Å². The largest absolute Gasteiger partial charge is 0.323 e. The van der Waals surface area contributed by atoms with Gasteiger partial charge in [-0.15, -0.1) is 0 Å². The van der Waals surface area contributed by atoms with Gasteiger partial charge in [-0.25, -0.2) is 8.42 Å². The predicted molar refractivity (Wildman–Crippen MR) is 122 cm³/mol.